The average molecular weight is 508 g/mol. The number of hydrogen-bond donors (Lipinski definition) is 3. The second kappa shape index (κ2) is 10.3. The number of benzene rings is 2. The van der Waals surface area contributed by atoms with Gasteiger partial charge in [0.05, 0.1) is 26.4 Å². The van der Waals surface area contributed by atoms with Crippen molar-refractivity contribution in [1.29, 1.82) is 0 Å². The Morgan fingerprint density at radius 1 is 1.14 bits per heavy atom. The lowest BCUT2D eigenvalue weighted by Gasteiger charge is -2.34. The number of aliphatic hydroxyl groups excluding tert-OH is 1. The Morgan fingerprint density at radius 3 is 2.70 bits per heavy atom. The number of nitrogens with zero attached hydrogens (tertiary/aromatic N) is 3. The first-order valence-corrected chi connectivity index (χ1v) is 12.2. The third kappa shape index (κ3) is 5.06. The second-order valence-electron chi connectivity index (χ2n) is 9.25. The third-order valence-electron chi connectivity index (χ3n) is 6.66. The van der Waals surface area contributed by atoms with Gasteiger partial charge >= 0.3 is 0 Å². The van der Waals surface area contributed by atoms with Gasteiger partial charge in [-0.3, -0.25) is 19.4 Å². The van der Waals surface area contributed by atoms with Gasteiger partial charge in [0.25, 0.3) is 17.7 Å². The molecule has 2 unspecified atom stereocenters. The molecule has 0 spiro atoms. The van der Waals surface area contributed by atoms with Crippen LogP contribution in [0.1, 0.15) is 27.0 Å². The maximum atomic E-state index is 13.3. The minimum atomic E-state index is -1.73. The number of aryl methyl sites for hydroxylation is 1. The van der Waals surface area contributed by atoms with E-state index in [0.717, 1.165) is 16.7 Å². The van der Waals surface area contributed by atoms with E-state index in [-0.39, 0.29) is 19.1 Å². The molecule has 3 aliphatic heterocycles. The quantitative estimate of drug-likeness (QED) is 0.531. The summed E-state index contributed by atoms with van der Waals surface area (Å²) in [4.78, 5) is 46.5. The fraction of sp³-hybridized carbons (Fsp3) is 0.385. The fourth-order valence-electron chi connectivity index (χ4n) is 4.74. The van der Waals surface area contributed by atoms with Crippen LogP contribution in [0.2, 0.25) is 0 Å². The van der Waals surface area contributed by atoms with Gasteiger partial charge < -0.3 is 35.4 Å². The van der Waals surface area contributed by atoms with E-state index in [1.165, 1.54) is 4.90 Å². The molecule has 4 N–H and O–H groups in total. The molecule has 11 heteroatoms. The van der Waals surface area contributed by atoms with Crippen molar-refractivity contribution in [3.8, 4) is 0 Å². The molecule has 5 rings (SSSR count). The van der Waals surface area contributed by atoms with Crippen molar-refractivity contribution >= 4 is 34.9 Å². The Labute approximate surface area is 213 Å². The summed E-state index contributed by atoms with van der Waals surface area (Å²) in [5, 5.41) is 13.4. The van der Waals surface area contributed by atoms with E-state index in [1.54, 1.807) is 41.3 Å². The molecule has 3 heterocycles. The van der Waals surface area contributed by atoms with Crippen molar-refractivity contribution in [3.63, 3.8) is 0 Å². The van der Waals surface area contributed by atoms with E-state index in [2.05, 4.69) is 10.3 Å². The molecule has 11 nitrogen and oxygen atoms in total. The number of morpholine rings is 2. The number of rotatable bonds is 5. The van der Waals surface area contributed by atoms with Gasteiger partial charge in [-0.05, 0) is 54.4 Å². The van der Waals surface area contributed by atoms with Crippen LogP contribution in [0.25, 0.3) is 0 Å². The number of nitrogens with two attached hydrogens (primary N) is 1. The normalized spacial score (nSPS) is 20.3. The SMILES string of the molecule is Cc1cc(C(=O)N2CCOCC2)cc(N2CCOC(C(O)C(=O)Nc3ccc4c(c3)CN=C4N)C2=O)c1. The van der Waals surface area contributed by atoms with Gasteiger partial charge in [-0.15, -0.1) is 0 Å². The molecule has 0 aromatic heterocycles. The summed E-state index contributed by atoms with van der Waals surface area (Å²) in [6.45, 7) is 4.60. The summed E-state index contributed by atoms with van der Waals surface area (Å²) >= 11 is 0. The van der Waals surface area contributed by atoms with E-state index in [0.29, 0.717) is 55.6 Å². The van der Waals surface area contributed by atoms with Crippen LogP contribution in [0.15, 0.2) is 41.4 Å². The number of carbonyl (C=O) groups is 3. The van der Waals surface area contributed by atoms with E-state index < -0.39 is 24.0 Å². The lowest BCUT2D eigenvalue weighted by Crippen LogP contribution is -2.55. The van der Waals surface area contributed by atoms with E-state index in [9.17, 15) is 19.5 Å². The first-order valence-electron chi connectivity index (χ1n) is 12.2. The summed E-state index contributed by atoms with van der Waals surface area (Å²) in [5.41, 5.74) is 9.75. The van der Waals surface area contributed by atoms with Crippen LogP contribution in [0.5, 0.6) is 0 Å². The molecule has 2 atom stereocenters. The Kier molecular flexibility index (Phi) is 6.92. The van der Waals surface area contributed by atoms with Gasteiger partial charge in [-0.1, -0.05) is 0 Å². The first kappa shape index (κ1) is 24.9. The van der Waals surface area contributed by atoms with Gasteiger partial charge in [-0.25, -0.2) is 0 Å². The van der Waals surface area contributed by atoms with E-state index >= 15 is 0 Å². The maximum absolute atomic E-state index is 13.3. The molecule has 2 aromatic rings. The summed E-state index contributed by atoms with van der Waals surface area (Å²) in [6.07, 6.45) is -3.12. The van der Waals surface area contributed by atoms with E-state index in [1.807, 2.05) is 6.92 Å². The average Bonchev–Trinajstić information content (AvgIpc) is 3.27. The molecular weight excluding hydrogens is 478 g/mol. The molecule has 2 aromatic carbocycles. The molecule has 0 radical (unpaired) electrons. The first-order chi connectivity index (χ1) is 17.8. The number of ether oxygens (including phenoxy) is 2. The summed E-state index contributed by atoms with van der Waals surface area (Å²) in [5.74, 6) is -1.01. The minimum Gasteiger partial charge on any atom is -0.383 e. The number of carbonyl (C=O) groups excluding carboxylic acids is 3. The van der Waals surface area contributed by atoms with Gasteiger partial charge in [0.15, 0.2) is 12.2 Å². The Balaban J connectivity index is 1.30. The van der Waals surface area contributed by atoms with E-state index in [4.69, 9.17) is 15.2 Å². The number of anilines is 2. The Morgan fingerprint density at radius 2 is 1.92 bits per heavy atom. The summed E-state index contributed by atoms with van der Waals surface area (Å²) < 4.78 is 10.9. The summed E-state index contributed by atoms with van der Waals surface area (Å²) in [7, 11) is 0. The van der Waals surface area contributed by atoms with Crippen molar-refractivity contribution in [2.75, 3.05) is 49.7 Å². The largest absolute Gasteiger partial charge is 0.383 e. The molecule has 194 valence electrons. The molecule has 3 aliphatic rings. The number of aliphatic hydroxyl groups is 1. The highest BCUT2D eigenvalue weighted by Crippen LogP contribution is 2.26. The lowest BCUT2D eigenvalue weighted by molar-refractivity contribution is -0.150. The molecule has 3 amide bonds. The van der Waals surface area contributed by atoms with Crippen LogP contribution in [-0.4, -0.2) is 85.2 Å². The van der Waals surface area contributed by atoms with Gasteiger partial charge in [0, 0.05) is 42.1 Å². The van der Waals surface area contributed by atoms with Gasteiger partial charge in [-0.2, -0.15) is 0 Å². The maximum Gasteiger partial charge on any atom is 0.259 e. The van der Waals surface area contributed by atoms with Crippen LogP contribution in [0.3, 0.4) is 0 Å². The number of fused-ring (bicyclic) bond motifs is 1. The standard InChI is InChI=1S/C26H29N5O6/c1-15-10-16(25(34)30-4-7-36-8-5-30)13-19(11-15)31-6-9-37-22(26(31)35)21(32)24(33)29-18-2-3-20-17(12-18)14-28-23(20)27/h2-3,10-13,21-22,32H,4-9,14H2,1H3,(H2,27,28)(H,29,33). The van der Waals surface area contributed by atoms with Crippen molar-refractivity contribution < 1.29 is 29.0 Å². The van der Waals surface area contributed by atoms with Gasteiger partial charge in [0.1, 0.15) is 5.84 Å². The molecule has 37 heavy (non-hydrogen) atoms. The topological polar surface area (TPSA) is 147 Å². The summed E-state index contributed by atoms with van der Waals surface area (Å²) in [6, 6.07) is 10.4. The van der Waals surface area contributed by atoms with Crippen molar-refractivity contribution in [2.24, 2.45) is 10.7 Å². The van der Waals surface area contributed by atoms with Crippen LogP contribution in [0, 0.1) is 6.92 Å². The Hall–Kier alpha value is -3.80. The highest BCUT2D eigenvalue weighted by Gasteiger charge is 2.39. The Bertz CT molecular complexity index is 1270. The predicted molar refractivity (Wildman–Crippen MR) is 136 cm³/mol. The smallest absolute Gasteiger partial charge is 0.259 e. The monoisotopic (exact) mass is 507 g/mol. The number of aliphatic imine (C=N–C) groups is 1. The van der Waals surface area contributed by atoms with Crippen LogP contribution < -0.4 is 16.0 Å². The lowest BCUT2D eigenvalue weighted by atomic mass is 10.1. The predicted octanol–water partition coefficient (Wildman–Crippen LogP) is 0.418. The molecular formula is C26H29N5O6. The second-order valence-corrected chi connectivity index (χ2v) is 9.25. The minimum absolute atomic E-state index is 0.122. The van der Waals surface area contributed by atoms with Crippen LogP contribution in [0.4, 0.5) is 11.4 Å². The zero-order valence-electron chi connectivity index (χ0n) is 20.5. The zero-order chi connectivity index (χ0) is 26.1. The van der Waals surface area contributed by atoms with Gasteiger partial charge in [0.2, 0.25) is 0 Å². The third-order valence-corrected chi connectivity index (χ3v) is 6.66. The fourth-order valence-corrected chi connectivity index (χ4v) is 4.74. The number of amides is 3. The highest BCUT2D eigenvalue weighted by atomic mass is 16.5. The van der Waals surface area contributed by atoms with Crippen molar-refractivity contribution in [1.82, 2.24) is 4.90 Å². The number of amidine groups is 1. The number of hydrogen-bond acceptors (Lipinski definition) is 8. The number of nitrogens with one attached hydrogen (secondary N) is 1. The highest BCUT2D eigenvalue weighted by molar-refractivity contribution is 6.05. The van der Waals surface area contributed by atoms with Crippen LogP contribution >= 0.6 is 0 Å². The van der Waals surface area contributed by atoms with Crippen molar-refractivity contribution in [2.45, 2.75) is 25.7 Å². The zero-order valence-corrected chi connectivity index (χ0v) is 20.5. The molecule has 0 saturated carbocycles. The molecule has 0 aliphatic carbocycles. The van der Waals surface area contributed by atoms with Crippen molar-refractivity contribution in [3.05, 3.63) is 58.7 Å². The molecule has 2 saturated heterocycles. The molecule has 2 fully saturated rings. The molecule has 0 bridgehead atoms. The van der Waals surface area contributed by atoms with Crippen LogP contribution in [-0.2, 0) is 25.6 Å².